The highest BCUT2D eigenvalue weighted by molar-refractivity contribution is 5.87. The minimum Gasteiger partial charge on any atom is -0.480 e. The second kappa shape index (κ2) is 6.02. The molecule has 110 valence electrons. The maximum absolute atomic E-state index is 11.3. The molecule has 0 saturated heterocycles. The third-order valence-electron chi connectivity index (χ3n) is 3.89. The summed E-state index contributed by atoms with van der Waals surface area (Å²) in [5, 5.41) is 26.0. The molecule has 2 N–H and O–H groups in total. The number of aromatic carboxylic acids is 1. The molecule has 1 unspecified atom stereocenters. The quantitative estimate of drug-likeness (QED) is 0.855. The minimum atomic E-state index is -1.14. The Morgan fingerprint density at radius 3 is 2.45 bits per heavy atom. The van der Waals surface area contributed by atoms with Crippen LogP contribution in [0.25, 0.3) is 0 Å². The Labute approximate surface area is 116 Å². The van der Waals surface area contributed by atoms with Gasteiger partial charge in [0, 0.05) is 5.92 Å². The zero-order valence-corrected chi connectivity index (χ0v) is 11.4. The number of nitrogens with zero attached hydrogens (tertiary/aromatic N) is 3. The van der Waals surface area contributed by atoms with E-state index in [2.05, 4.69) is 10.3 Å². The van der Waals surface area contributed by atoms with Crippen LogP contribution in [-0.4, -0.2) is 37.1 Å². The normalized spacial score (nSPS) is 17.9. The van der Waals surface area contributed by atoms with Gasteiger partial charge in [-0.05, 0) is 19.3 Å². The molecule has 7 heteroatoms. The van der Waals surface area contributed by atoms with Crippen LogP contribution in [0.3, 0.4) is 0 Å². The van der Waals surface area contributed by atoms with Crippen molar-refractivity contribution >= 4 is 11.9 Å². The maximum atomic E-state index is 11.3. The van der Waals surface area contributed by atoms with Crippen LogP contribution in [0.1, 0.15) is 73.6 Å². The molecule has 1 saturated carbocycles. The van der Waals surface area contributed by atoms with Gasteiger partial charge in [0.05, 0.1) is 5.69 Å². The Balaban J connectivity index is 2.46. The number of carboxylic acids is 2. The lowest BCUT2D eigenvalue weighted by Crippen LogP contribution is -2.24. The van der Waals surface area contributed by atoms with Crippen molar-refractivity contribution in [3.63, 3.8) is 0 Å². The van der Waals surface area contributed by atoms with E-state index in [1.807, 2.05) is 0 Å². The highest BCUT2D eigenvalue weighted by Crippen LogP contribution is 2.35. The topological polar surface area (TPSA) is 105 Å². The van der Waals surface area contributed by atoms with Crippen LogP contribution < -0.4 is 0 Å². The molecule has 7 nitrogen and oxygen atoms in total. The van der Waals surface area contributed by atoms with Gasteiger partial charge in [0.1, 0.15) is 0 Å². The second-order valence-electron chi connectivity index (χ2n) is 5.17. The van der Waals surface area contributed by atoms with Crippen LogP contribution in [0.2, 0.25) is 0 Å². The van der Waals surface area contributed by atoms with Crippen LogP contribution in [0.4, 0.5) is 0 Å². The van der Waals surface area contributed by atoms with Crippen molar-refractivity contribution in [1.82, 2.24) is 15.0 Å². The molecule has 1 fully saturated rings. The van der Waals surface area contributed by atoms with E-state index in [1.54, 1.807) is 6.92 Å². The Morgan fingerprint density at radius 2 is 1.95 bits per heavy atom. The monoisotopic (exact) mass is 281 g/mol. The number of aromatic nitrogens is 3. The van der Waals surface area contributed by atoms with Gasteiger partial charge in [-0.15, -0.1) is 5.10 Å². The van der Waals surface area contributed by atoms with Gasteiger partial charge in [-0.3, -0.25) is 0 Å². The third kappa shape index (κ3) is 2.66. The molecular formula is C13H19N3O4. The number of hydrogen-bond acceptors (Lipinski definition) is 4. The van der Waals surface area contributed by atoms with Crippen molar-refractivity contribution < 1.29 is 19.8 Å². The number of carboxylic acid groups (broad SMARTS) is 2. The summed E-state index contributed by atoms with van der Waals surface area (Å²) >= 11 is 0. The molecule has 20 heavy (non-hydrogen) atoms. The molecule has 1 aliphatic carbocycles. The summed E-state index contributed by atoms with van der Waals surface area (Å²) in [6.07, 6.45) is 5.26. The largest absolute Gasteiger partial charge is 0.480 e. The van der Waals surface area contributed by atoms with Gasteiger partial charge < -0.3 is 10.2 Å². The van der Waals surface area contributed by atoms with E-state index >= 15 is 0 Å². The van der Waals surface area contributed by atoms with Gasteiger partial charge >= 0.3 is 11.9 Å². The van der Waals surface area contributed by atoms with Gasteiger partial charge in [-0.2, -0.15) is 0 Å². The van der Waals surface area contributed by atoms with Crippen LogP contribution in [-0.2, 0) is 4.79 Å². The van der Waals surface area contributed by atoms with Crippen molar-refractivity contribution in [3.05, 3.63) is 11.4 Å². The van der Waals surface area contributed by atoms with Gasteiger partial charge in [-0.1, -0.05) is 31.4 Å². The van der Waals surface area contributed by atoms with Crippen LogP contribution in [0, 0.1) is 0 Å². The minimum absolute atomic E-state index is 0.0400. The Bertz CT molecular complexity index is 506. The molecule has 1 aromatic heterocycles. The lowest BCUT2D eigenvalue weighted by Gasteiger charge is -2.24. The summed E-state index contributed by atoms with van der Waals surface area (Å²) in [5.41, 5.74) is 0.378. The first-order valence-electron chi connectivity index (χ1n) is 6.97. The van der Waals surface area contributed by atoms with Crippen LogP contribution in [0.15, 0.2) is 0 Å². The average molecular weight is 281 g/mol. The molecule has 1 aromatic rings. The van der Waals surface area contributed by atoms with Crippen molar-refractivity contribution in [2.24, 2.45) is 0 Å². The SMILES string of the molecule is CCC(C(=O)O)n1nnc(C(=O)O)c1C1CCCCC1. The molecule has 0 amide bonds. The number of hydrogen-bond donors (Lipinski definition) is 2. The Kier molecular flexibility index (Phi) is 4.36. The van der Waals surface area contributed by atoms with E-state index in [0.717, 1.165) is 32.1 Å². The van der Waals surface area contributed by atoms with Crippen molar-refractivity contribution in [3.8, 4) is 0 Å². The fourth-order valence-electron chi connectivity index (χ4n) is 2.89. The van der Waals surface area contributed by atoms with Crippen molar-refractivity contribution in [1.29, 1.82) is 0 Å². The first kappa shape index (κ1) is 14.5. The molecule has 1 atom stereocenters. The van der Waals surface area contributed by atoms with E-state index in [9.17, 15) is 19.8 Å². The summed E-state index contributed by atoms with van der Waals surface area (Å²) in [6.45, 7) is 1.74. The van der Waals surface area contributed by atoms with Gasteiger partial charge in [0.25, 0.3) is 0 Å². The highest BCUT2D eigenvalue weighted by atomic mass is 16.4. The predicted octanol–water partition coefficient (Wildman–Crippen LogP) is 2.06. The summed E-state index contributed by atoms with van der Waals surface area (Å²) in [6, 6.07) is -0.854. The van der Waals surface area contributed by atoms with E-state index in [1.165, 1.54) is 4.68 Å². The maximum Gasteiger partial charge on any atom is 0.358 e. The van der Waals surface area contributed by atoms with Gasteiger partial charge in [0.2, 0.25) is 0 Å². The van der Waals surface area contributed by atoms with E-state index in [-0.39, 0.29) is 11.6 Å². The van der Waals surface area contributed by atoms with Crippen LogP contribution in [0.5, 0.6) is 0 Å². The van der Waals surface area contributed by atoms with E-state index in [0.29, 0.717) is 12.1 Å². The summed E-state index contributed by atoms with van der Waals surface area (Å²) < 4.78 is 1.31. The van der Waals surface area contributed by atoms with E-state index < -0.39 is 18.0 Å². The molecule has 1 heterocycles. The van der Waals surface area contributed by atoms with Gasteiger partial charge in [0.15, 0.2) is 11.7 Å². The molecular weight excluding hydrogens is 262 g/mol. The van der Waals surface area contributed by atoms with Crippen molar-refractivity contribution in [2.45, 2.75) is 57.4 Å². The zero-order valence-electron chi connectivity index (χ0n) is 11.4. The Hall–Kier alpha value is -1.92. The molecule has 1 aliphatic rings. The first-order chi connectivity index (χ1) is 9.56. The lowest BCUT2D eigenvalue weighted by molar-refractivity contribution is -0.141. The smallest absolute Gasteiger partial charge is 0.358 e. The standard InChI is InChI=1S/C13H19N3O4/c1-2-9(12(17)18)16-11(8-6-4-3-5-7-8)10(13(19)20)14-15-16/h8-9H,2-7H2,1H3,(H,17,18)(H,19,20). The highest BCUT2D eigenvalue weighted by Gasteiger charge is 2.32. The zero-order chi connectivity index (χ0) is 14.7. The molecule has 0 aliphatic heterocycles. The molecule has 2 rings (SSSR count). The average Bonchev–Trinajstić information content (AvgIpc) is 2.85. The fraction of sp³-hybridized carbons (Fsp3) is 0.692. The fourth-order valence-corrected chi connectivity index (χ4v) is 2.89. The Morgan fingerprint density at radius 1 is 1.30 bits per heavy atom. The molecule has 0 spiro atoms. The molecule has 0 aromatic carbocycles. The third-order valence-corrected chi connectivity index (χ3v) is 3.89. The van der Waals surface area contributed by atoms with Gasteiger partial charge in [-0.25, -0.2) is 14.3 Å². The lowest BCUT2D eigenvalue weighted by atomic mass is 9.85. The summed E-state index contributed by atoms with van der Waals surface area (Å²) in [7, 11) is 0. The molecule has 0 radical (unpaired) electrons. The number of aliphatic carboxylic acids is 1. The van der Waals surface area contributed by atoms with Crippen molar-refractivity contribution in [2.75, 3.05) is 0 Å². The molecule has 0 bridgehead atoms. The second-order valence-corrected chi connectivity index (χ2v) is 5.17. The summed E-state index contributed by atoms with van der Waals surface area (Å²) in [5.74, 6) is -2.11. The predicted molar refractivity (Wildman–Crippen MR) is 69.8 cm³/mol. The number of rotatable bonds is 5. The van der Waals surface area contributed by atoms with E-state index in [4.69, 9.17) is 0 Å². The first-order valence-corrected chi connectivity index (χ1v) is 6.97. The summed E-state index contributed by atoms with van der Waals surface area (Å²) in [4.78, 5) is 22.6. The van der Waals surface area contributed by atoms with Crippen LogP contribution >= 0.6 is 0 Å². The number of carbonyl (C=O) groups is 2.